The van der Waals surface area contributed by atoms with Crippen LogP contribution < -0.4 is 5.32 Å². The molecule has 4 rings (SSSR count). The summed E-state index contributed by atoms with van der Waals surface area (Å²) in [7, 11) is 0. The van der Waals surface area contributed by atoms with Gasteiger partial charge in [0.1, 0.15) is 0 Å². The van der Waals surface area contributed by atoms with E-state index >= 15 is 0 Å². The number of nitrogens with one attached hydrogen (secondary N) is 1. The second-order valence-corrected chi connectivity index (χ2v) is 6.73. The average Bonchev–Trinajstić information content (AvgIpc) is 2.70. The third kappa shape index (κ3) is 3.73. The van der Waals surface area contributed by atoms with Gasteiger partial charge in [0.2, 0.25) is 0 Å². The molecule has 1 aliphatic rings. The standard InChI is InChI=1S/C21H22N4O/c26-21(19-8-3-5-16-6-4-12-23-20(16)19)24-17-9-13-25(14-10-17)15-18-7-1-2-11-22-18/h1-8,11-12,17H,9-10,13-15H2,(H,24,26). The highest BCUT2D eigenvalue weighted by Gasteiger charge is 2.22. The van der Waals surface area contributed by atoms with E-state index in [1.54, 1.807) is 6.20 Å². The molecule has 0 radical (unpaired) electrons. The van der Waals surface area contributed by atoms with E-state index in [0.29, 0.717) is 5.56 Å². The van der Waals surface area contributed by atoms with Crippen molar-refractivity contribution in [2.45, 2.75) is 25.4 Å². The third-order valence-corrected chi connectivity index (χ3v) is 4.91. The lowest BCUT2D eigenvalue weighted by molar-refractivity contribution is 0.0910. The molecule has 1 amide bonds. The molecule has 3 heterocycles. The van der Waals surface area contributed by atoms with Crippen LogP contribution in [0.4, 0.5) is 0 Å². The number of amides is 1. The summed E-state index contributed by atoms with van der Waals surface area (Å²) >= 11 is 0. The SMILES string of the molecule is O=C(NC1CCN(Cc2ccccn2)CC1)c1cccc2cccnc12. The topological polar surface area (TPSA) is 58.1 Å². The van der Waals surface area contributed by atoms with Crippen LogP contribution in [0.5, 0.6) is 0 Å². The highest BCUT2D eigenvalue weighted by molar-refractivity contribution is 6.05. The second-order valence-electron chi connectivity index (χ2n) is 6.73. The van der Waals surface area contributed by atoms with Gasteiger partial charge in [-0.05, 0) is 37.1 Å². The molecule has 1 saturated heterocycles. The number of hydrogen-bond donors (Lipinski definition) is 1. The number of carbonyl (C=O) groups is 1. The molecule has 1 fully saturated rings. The molecular formula is C21H22N4O. The number of aromatic nitrogens is 2. The highest BCUT2D eigenvalue weighted by atomic mass is 16.1. The molecule has 2 aromatic heterocycles. The molecule has 5 heteroatoms. The summed E-state index contributed by atoms with van der Waals surface area (Å²) in [6.45, 7) is 2.80. The normalized spacial score (nSPS) is 15.8. The van der Waals surface area contributed by atoms with Gasteiger partial charge in [0, 0.05) is 43.5 Å². The van der Waals surface area contributed by atoms with Crippen molar-refractivity contribution >= 4 is 16.8 Å². The van der Waals surface area contributed by atoms with Crippen LogP contribution in [-0.2, 0) is 6.54 Å². The van der Waals surface area contributed by atoms with Gasteiger partial charge in [-0.25, -0.2) is 0 Å². The molecule has 26 heavy (non-hydrogen) atoms. The van der Waals surface area contributed by atoms with E-state index in [0.717, 1.165) is 49.1 Å². The van der Waals surface area contributed by atoms with Crippen molar-refractivity contribution in [3.63, 3.8) is 0 Å². The minimum Gasteiger partial charge on any atom is -0.349 e. The van der Waals surface area contributed by atoms with Crippen molar-refractivity contribution in [3.05, 3.63) is 72.2 Å². The first-order valence-corrected chi connectivity index (χ1v) is 9.06. The summed E-state index contributed by atoms with van der Waals surface area (Å²) in [5.74, 6) is -0.0301. The van der Waals surface area contributed by atoms with Crippen LogP contribution >= 0.6 is 0 Å². The van der Waals surface area contributed by atoms with Gasteiger partial charge in [-0.2, -0.15) is 0 Å². The van der Waals surface area contributed by atoms with Gasteiger partial charge in [0.25, 0.3) is 5.91 Å². The van der Waals surface area contributed by atoms with Gasteiger partial charge in [0.15, 0.2) is 0 Å². The number of benzene rings is 1. The van der Waals surface area contributed by atoms with Crippen LogP contribution in [0.3, 0.4) is 0 Å². The van der Waals surface area contributed by atoms with Crippen molar-refractivity contribution < 1.29 is 4.79 Å². The smallest absolute Gasteiger partial charge is 0.253 e. The molecule has 0 bridgehead atoms. The zero-order valence-electron chi connectivity index (χ0n) is 14.6. The highest BCUT2D eigenvalue weighted by Crippen LogP contribution is 2.18. The van der Waals surface area contributed by atoms with Gasteiger partial charge >= 0.3 is 0 Å². The predicted octanol–water partition coefficient (Wildman–Crippen LogP) is 3.02. The minimum atomic E-state index is -0.0301. The maximum Gasteiger partial charge on any atom is 0.253 e. The number of para-hydroxylation sites is 1. The number of rotatable bonds is 4. The lowest BCUT2D eigenvalue weighted by Crippen LogP contribution is -2.44. The van der Waals surface area contributed by atoms with E-state index in [1.807, 2.05) is 48.7 Å². The summed E-state index contributed by atoms with van der Waals surface area (Å²) in [6.07, 6.45) is 5.48. The first kappa shape index (κ1) is 16.7. The molecule has 0 saturated carbocycles. The molecular weight excluding hydrogens is 324 g/mol. The van der Waals surface area contributed by atoms with Crippen LogP contribution in [0.2, 0.25) is 0 Å². The van der Waals surface area contributed by atoms with E-state index in [1.165, 1.54) is 0 Å². The Morgan fingerprint density at radius 3 is 2.62 bits per heavy atom. The fraction of sp³-hybridized carbons (Fsp3) is 0.286. The quantitative estimate of drug-likeness (QED) is 0.789. The fourth-order valence-corrected chi connectivity index (χ4v) is 3.51. The van der Waals surface area contributed by atoms with Crippen molar-refractivity contribution in [1.82, 2.24) is 20.2 Å². The Hall–Kier alpha value is -2.79. The molecule has 0 spiro atoms. The number of fused-ring (bicyclic) bond motifs is 1. The number of hydrogen-bond acceptors (Lipinski definition) is 4. The molecule has 0 atom stereocenters. The Morgan fingerprint density at radius 1 is 1.00 bits per heavy atom. The first-order chi connectivity index (χ1) is 12.8. The zero-order valence-corrected chi connectivity index (χ0v) is 14.6. The monoisotopic (exact) mass is 346 g/mol. The van der Waals surface area contributed by atoms with Crippen molar-refractivity contribution in [1.29, 1.82) is 0 Å². The van der Waals surface area contributed by atoms with Crippen LogP contribution in [0.15, 0.2) is 60.9 Å². The van der Waals surface area contributed by atoms with Gasteiger partial charge in [0.05, 0.1) is 16.8 Å². The summed E-state index contributed by atoms with van der Waals surface area (Å²) in [5, 5.41) is 4.18. The molecule has 1 N–H and O–H groups in total. The second kappa shape index (κ2) is 7.62. The Labute approximate surface area is 153 Å². The number of likely N-dealkylation sites (tertiary alicyclic amines) is 1. The molecule has 5 nitrogen and oxygen atoms in total. The van der Waals surface area contributed by atoms with Crippen molar-refractivity contribution in [3.8, 4) is 0 Å². The number of nitrogens with zero attached hydrogens (tertiary/aromatic N) is 3. The van der Waals surface area contributed by atoms with Crippen molar-refractivity contribution in [2.75, 3.05) is 13.1 Å². The largest absolute Gasteiger partial charge is 0.349 e. The van der Waals surface area contributed by atoms with Gasteiger partial charge in [-0.15, -0.1) is 0 Å². The fourth-order valence-electron chi connectivity index (χ4n) is 3.51. The maximum atomic E-state index is 12.7. The molecule has 0 unspecified atom stereocenters. The number of carbonyl (C=O) groups excluding carboxylic acids is 1. The van der Waals surface area contributed by atoms with Crippen molar-refractivity contribution in [2.24, 2.45) is 0 Å². The summed E-state index contributed by atoms with van der Waals surface area (Å²) in [4.78, 5) is 23.9. The summed E-state index contributed by atoms with van der Waals surface area (Å²) < 4.78 is 0. The van der Waals surface area contributed by atoms with E-state index < -0.39 is 0 Å². The van der Waals surface area contributed by atoms with Crippen LogP contribution in [0, 0.1) is 0 Å². The lowest BCUT2D eigenvalue weighted by Gasteiger charge is -2.32. The number of pyridine rings is 2. The molecule has 3 aromatic rings. The van der Waals surface area contributed by atoms with E-state index in [4.69, 9.17) is 0 Å². The Kier molecular flexibility index (Phi) is 4.88. The number of piperidine rings is 1. The molecule has 0 aliphatic carbocycles. The zero-order chi connectivity index (χ0) is 17.8. The van der Waals surface area contributed by atoms with Gasteiger partial charge in [-0.3, -0.25) is 19.7 Å². The Bertz CT molecular complexity index is 883. The first-order valence-electron chi connectivity index (χ1n) is 9.06. The predicted molar refractivity (Wildman–Crippen MR) is 102 cm³/mol. The van der Waals surface area contributed by atoms with Crippen LogP contribution in [0.1, 0.15) is 28.9 Å². The lowest BCUT2D eigenvalue weighted by atomic mass is 10.0. The van der Waals surface area contributed by atoms with E-state index in [2.05, 4.69) is 26.3 Å². The third-order valence-electron chi connectivity index (χ3n) is 4.91. The molecule has 132 valence electrons. The van der Waals surface area contributed by atoms with Gasteiger partial charge in [-0.1, -0.05) is 24.3 Å². The summed E-state index contributed by atoms with van der Waals surface area (Å²) in [6, 6.07) is 15.8. The minimum absolute atomic E-state index is 0.0301. The van der Waals surface area contributed by atoms with Crippen LogP contribution in [-0.4, -0.2) is 39.9 Å². The Morgan fingerprint density at radius 2 is 1.81 bits per heavy atom. The average molecular weight is 346 g/mol. The van der Waals surface area contributed by atoms with E-state index in [9.17, 15) is 4.79 Å². The Balaban J connectivity index is 1.36. The van der Waals surface area contributed by atoms with Crippen LogP contribution in [0.25, 0.3) is 10.9 Å². The molecule has 1 aliphatic heterocycles. The maximum absolute atomic E-state index is 12.7. The summed E-state index contributed by atoms with van der Waals surface area (Å²) in [5.41, 5.74) is 2.51. The van der Waals surface area contributed by atoms with E-state index in [-0.39, 0.29) is 11.9 Å². The molecule has 1 aromatic carbocycles. The van der Waals surface area contributed by atoms with Gasteiger partial charge < -0.3 is 5.32 Å².